The summed E-state index contributed by atoms with van der Waals surface area (Å²) < 4.78 is 44.4. The van der Waals surface area contributed by atoms with Crippen LogP contribution in [0, 0.1) is 15.9 Å². The summed E-state index contributed by atoms with van der Waals surface area (Å²) >= 11 is 0. The van der Waals surface area contributed by atoms with Crippen LogP contribution in [-0.2, 0) is 4.74 Å². The Hall–Kier alpha value is -2.03. The molecule has 0 unspecified atom stereocenters. The summed E-state index contributed by atoms with van der Waals surface area (Å²) in [5.74, 6) is -4.59. The molecular weight excluding hydrogens is 305 g/mol. The topological polar surface area (TPSA) is 81.5 Å². The predicted octanol–water partition coefficient (Wildman–Crippen LogP) is 2.57. The fraction of sp³-hybridized carbons (Fsp3) is 0.300. The third-order valence-corrected chi connectivity index (χ3v) is 2.58. The normalized spacial score (nSPS) is 20.4. The van der Waals surface area contributed by atoms with Crippen LogP contribution >= 0.6 is 12.4 Å². The van der Waals surface area contributed by atoms with Crippen molar-refractivity contribution in [1.82, 2.24) is 5.32 Å². The third kappa shape index (κ3) is 2.93. The number of halogens is 4. The van der Waals surface area contributed by atoms with Gasteiger partial charge in [0.25, 0.3) is 0 Å². The van der Waals surface area contributed by atoms with E-state index in [4.69, 9.17) is 0 Å². The molecule has 1 N–H and O–H groups in total. The molecule has 1 amide bonds. The van der Waals surface area contributed by atoms with Crippen molar-refractivity contribution in [3.05, 3.63) is 39.7 Å². The van der Waals surface area contributed by atoms with Crippen LogP contribution in [0.25, 0.3) is 0 Å². The third-order valence-electron chi connectivity index (χ3n) is 2.58. The Balaban J connectivity index is 0.00000200. The van der Waals surface area contributed by atoms with Gasteiger partial charge in [-0.25, -0.2) is 13.6 Å². The molecule has 110 valence electrons. The summed E-state index contributed by atoms with van der Waals surface area (Å²) in [5.41, 5.74) is -1.20. The molecule has 0 bridgehead atoms. The second-order valence-electron chi connectivity index (χ2n) is 3.88. The molecule has 6 nitrogen and oxygen atoms in total. The van der Waals surface area contributed by atoms with E-state index in [1.165, 1.54) is 0 Å². The van der Waals surface area contributed by atoms with Crippen molar-refractivity contribution < 1.29 is 27.6 Å². The van der Waals surface area contributed by atoms with Crippen LogP contribution in [0.4, 0.5) is 23.7 Å². The Morgan fingerprint density at radius 2 is 2.10 bits per heavy atom. The van der Waals surface area contributed by atoms with E-state index < -0.39 is 41.1 Å². The number of nitrogens with zero attached hydrogens (tertiary/aromatic N) is 1. The first-order valence-corrected chi connectivity index (χ1v) is 5.06. The fourth-order valence-corrected chi connectivity index (χ4v) is 1.69. The molecular formula is C10H8ClF3N2O4. The smallest absolute Gasteiger partial charge is 0.408 e. The highest BCUT2D eigenvalue weighted by atomic mass is 35.5. The number of amides is 1. The lowest BCUT2D eigenvalue weighted by Gasteiger charge is -2.31. The Kier molecular flexibility index (Phi) is 4.43. The zero-order valence-electron chi connectivity index (χ0n) is 9.64. The number of alkyl carbamates (subject to hydrolysis) is 1. The highest BCUT2D eigenvalue weighted by molar-refractivity contribution is 5.85. The Bertz CT molecular complexity index is 555. The molecule has 20 heavy (non-hydrogen) atoms. The van der Waals surface area contributed by atoms with Crippen LogP contribution in [-0.4, -0.2) is 23.5 Å². The number of alkyl halides is 2. The molecule has 1 heterocycles. The van der Waals surface area contributed by atoms with E-state index in [9.17, 15) is 28.1 Å². The summed E-state index contributed by atoms with van der Waals surface area (Å²) in [6, 6.07) is 0.519. The number of rotatable bonds is 2. The van der Waals surface area contributed by atoms with E-state index in [0.717, 1.165) is 6.07 Å². The molecule has 2 rings (SSSR count). The molecule has 10 heteroatoms. The van der Waals surface area contributed by atoms with Gasteiger partial charge in [0, 0.05) is 6.07 Å². The zero-order valence-corrected chi connectivity index (χ0v) is 10.5. The average molecular weight is 313 g/mol. The van der Waals surface area contributed by atoms with Gasteiger partial charge in [-0.2, -0.15) is 4.39 Å². The van der Waals surface area contributed by atoms with E-state index in [1.54, 1.807) is 0 Å². The molecule has 0 aliphatic carbocycles. The molecule has 1 aromatic rings. The summed E-state index contributed by atoms with van der Waals surface area (Å²) in [6.45, 7) is -1.14. The molecule has 0 saturated carbocycles. The summed E-state index contributed by atoms with van der Waals surface area (Å²) in [4.78, 5) is 20.5. The van der Waals surface area contributed by atoms with Gasteiger partial charge in [0.2, 0.25) is 5.82 Å². The molecule has 1 atom stereocenters. The van der Waals surface area contributed by atoms with Crippen molar-refractivity contribution >= 4 is 24.2 Å². The number of nitro groups is 1. The van der Waals surface area contributed by atoms with E-state index >= 15 is 0 Å². The van der Waals surface area contributed by atoms with Gasteiger partial charge in [-0.05, 0) is 11.6 Å². The van der Waals surface area contributed by atoms with Gasteiger partial charge in [-0.1, -0.05) is 6.07 Å². The highest BCUT2D eigenvalue weighted by Gasteiger charge is 2.47. The van der Waals surface area contributed by atoms with Crippen molar-refractivity contribution in [2.45, 2.75) is 12.0 Å². The summed E-state index contributed by atoms with van der Waals surface area (Å²) in [5, 5.41) is 12.4. The minimum atomic E-state index is -3.44. The van der Waals surface area contributed by atoms with Gasteiger partial charge in [-0.3, -0.25) is 10.1 Å². The fourth-order valence-electron chi connectivity index (χ4n) is 1.69. The Morgan fingerprint density at radius 3 is 2.70 bits per heavy atom. The second-order valence-corrected chi connectivity index (χ2v) is 3.88. The Morgan fingerprint density at radius 1 is 1.45 bits per heavy atom. The minimum Gasteiger partial charge on any atom is -0.443 e. The van der Waals surface area contributed by atoms with Gasteiger partial charge < -0.3 is 10.1 Å². The number of hydrogen-bond donors (Lipinski definition) is 1. The van der Waals surface area contributed by atoms with E-state index in [0.29, 0.717) is 12.1 Å². The van der Waals surface area contributed by atoms with Gasteiger partial charge in [0.05, 0.1) is 4.92 Å². The van der Waals surface area contributed by atoms with Crippen molar-refractivity contribution in [2.24, 2.45) is 0 Å². The maximum atomic E-state index is 13.6. The number of nitro benzene ring substituents is 1. The highest BCUT2D eigenvalue weighted by Crippen LogP contribution is 2.36. The molecule has 1 aromatic carbocycles. The number of hydrogen-bond acceptors (Lipinski definition) is 4. The van der Waals surface area contributed by atoms with E-state index in [1.807, 2.05) is 5.32 Å². The summed E-state index contributed by atoms with van der Waals surface area (Å²) in [7, 11) is 0. The largest absolute Gasteiger partial charge is 0.443 e. The lowest BCUT2D eigenvalue weighted by atomic mass is 9.99. The minimum absolute atomic E-state index is 0. The van der Waals surface area contributed by atoms with Crippen molar-refractivity contribution in [1.29, 1.82) is 0 Å². The van der Waals surface area contributed by atoms with Crippen LogP contribution in [0.5, 0.6) is 0 Å². The average Bonchev–Trinajstić information content (AvgIpc) is 2.33. The number of carbonyl (C=O) groups is 1. The maximum Gasteiger partial charge on any atom is 0.408 e. The molecule has 0 spiro atoms. The first-order chi connectivity index (χ1) is 8.81. The molecule has 1 saturated heterocycles. The standard InChI is InChI=1S/C10H7F3N2O4.ClH/c11-6-2-1-5(3-7(6)15(17)18)8-10(12,13)4-19-9(16)14-8;/h1-3,8H,4H2,(H,14,16);1H/t8-;/m1./s1. The second kappa shape index (κ2) is 5.53. The van der Waals surface area contributed by atoms with Crippen molar-refractivity contribution in [2.75, 3.05) is 6.61 Å². The number of nitrogens with one attached hydrogen (secondary N) is 1. The molecule has 0 radical (unpaired) electrons. The first kappa shape index (κ1) is 16.0. The van der Waals surface area contributed by atoms with Crippen LogP contribution in [0.15, 0.2) is 18.2 Å². The monoisotopic (exact) mass is 312 g/mol. The quantitative estimate of drug-likeness (QED) is 0.672. The lowest BCUT2D eigenvalue weighted by molar-refractivity contribution is -0.387. The molecule has 1 aliphatic rings. The number of cyclic esters (lactones) is 1. The Labute approximate surface area is 116 Å². The zero-order chi connectivity index (χ0) is 14.2. The van der Waals surface area contributed by atoms with Crippen molar-refractivity contribution in [3.8, 4) is 0 Å². The first-order valence-electron chi connectivity index (χ1n) is 5.06. The molecule has 0 aromatic heterocycles. The van der Waals surface area contributed by atoms with E-state index in [-0.39, 0.29) is 18.0 Å². The molecule has 1 fully saturated rings. The van der Waals surface area contributed by atoms with Gasteiger partial charge >= 0.3 is 17.7 Å². The molecule has 1 aliphatic heterocycles. The SMILES string of the molecule is Cl.O=C1N[C@H](c2ccc(F)c([N+](=O)[O-])c2)C(F)(F)CO1. The van der Waals surface area contributed by atoms with Gasteiger partial charge in [0.15, 0.2) is 6.61 Å². The van der Waals surface area contributed by atoms with Gasteiger partial charge in [0.1, 0.15) is 6.04 Å². The number of benzene rings is 1. The van der Waals surface area contributed by atoms with Crippen LogP contribution < -0.4 is 5.32 Å². The van der Waals surface area contributed by atoms with Crippen LogP contribution in [0.1, 0.15) is 11.6 Å². The van der Waals surface area contributed by atoms with Gasteiger partial charge in [-0.15, -0.1) is 12.4 Å². The van der Waals surface area contributed by atoms with E-state index in [2.05, 4.69) is 4.74 Å². The number of ether oxygens (including phenoxy) is 1. The van der Waals surface area contributed by atoms with Crippen LogP contribution in [0.2, 0.25) is 0 Å². The predicted molar refractivity (Wildman–Crippen MR) is 62.5 cm³/mol. The van der Waals surface area contributed by atoms with Crippen LogP contribution in [0.3, 0.4) is 0 Å². The number of carbonyl (C=O) groups excluding carboxylic acids is 1. The maximum absolute atomic E-state index is 13.6. The van der Waals surface area contributed by atoms with Crippen molar-refractivity contribution in [3.63, 3.8) is 0 Å². The lowest BCUT2D eigenvalue weighted by Crippen LogP contribution is -2.49. The summed E-state index contributed by atoms with van der Waals surface area (Å²) in [6.07, 6.45) is -1.07.